The second-order valence-corrected chi connectivity index (χ2v) is 7.94. The maximum atomic E-state index is 12.6. The van der Waals surface area contributed by atoms with Gasteiger partial charge in [0.2, 0.25) is 5.91 Å². The third kappa shape index (κ3) is 4.25. The van der Waals surface area contributed by atoms with Crippen LogP contribution in [0.25, 0.3) is 11.4 Å². The van der Waals surface area contributed by atoms with Crippen molar-refractivity contribution >= 4 is 17.7 Å². The fourth-order valence-corrected chi connectivity index (χ4v) is 3.25. The summed E-state index contributed by atoms with van der Waals surface area (Å²) in [6, 6.07) is 12.1. The molecule has 0 aliphatic heterocycles. The molecule has 2 atom stereocenters. The van der Waals surface area contributed by atoms with Gasteiger partial charge in [-0.15, -0.1) is 10.2 Å². The Labute approximate surface area is 159 Å². The quantitative estimate of drug-likeness (QED) is 0.753. The van der Waals surface area contributed by atoms with Crippen molar-refractivity contribution in [3.05, 3.63) is 30.3 Å². The summed E-state index contributed by atoms with van der Waals surface area (Å²) in [7, 11) is 0. The molecule has 0 aliphatic rings. The summed E-state index contributed by atoms with van der Waals surface area (Å²) in [5.74, 6) is 0.615. The minimum atomic E-state index is -0.889. The normalized spacial score (nSPS) is 14.5. The van der Waals surface area contributed by atoms with E-state index in [4.69, 9.17) is 0 Å². The first-order valence-electron chi connectivity index (χ1n) is 8.71. The number of benzene rings is 1. The molecule has 26 heavy (non-hydrogen) atoms. The van der Waals surface area contributed by atoms with Crippen molar-refractivity contribution in [2.75, 3.05) is 0 Å². The molecule has 1 heterocycles. The molecule has 7 heteroatoms. The van der Waals surface area contributed by atoms with Crippen molar-refractivity contribution in [1.82, 2.24) is 20.1 Å². The Bertz CT molecular complexity index is 796. The molecule has 0 saturated heterocycles. The van der Waals surface area contributed by atoms with Crippen molar-refractivity contribution in [1.29, 1.82) is 5.26 Å². The zero-order valence-corrected chi connectivity index (χ0v) is 16.7. The van der Waals surface area contributed by atoms with E-state index >= 15 is 0 Å². The van der Waals surface area contributed by atoms with Crippen LogP contribution in [0.4, 0.5) is 0 Å². The topological polar surface area (TPSA) is 83.6 Å². The van der Waals surface area contributed by atoms with Crippen molar-refractivity contribution in [2.24, 2.45) is 5.92 Å². The number of carbonyl (C=O) groups excluding carboxylic acids is 1. The molecule has 1 aromatic carbocycles. The maximum Gasteiger partial charge on any atom is 0.234 e. The van der Waals surface area contributed by atoms with Crippen LogP contribution in [0.2, 0.25) is 0 Å². The number of carbonyl (C=O) groups is 1. The number of amides is 1. The molecule has 0 aliphatic carbocycles. The Morgan fingerprint density at radius 1 is 1.31 bits per heavy atom. The van der Waals surface area contributed by atoms with Crippen LogP contribution in [0.5, 0.6) is 0 Å². The molecular weight excluding hydrogens is 346 g/mol. The third-order valence-electron chi connectivity index (χ3n) is 4.49. The van der Waals surface area contributed by atoms with Crippen LogP contribution in [-0.2, 0) is 11.3 Å². The number of nitrogens with one attached hydrogen (secondary N) is 1. The standard InChI is InChI=1S/C19H25N5OS/c1-6-24-16(15-10-8-7-9-11-15)22-23-18(24)26-14(4)17(25)21-19(5,12-20)13(2)3/h7-11,13-14H,6H2,1-5H3,(H,21,25)/t14-,19+/m0/s1. The second kappa shape index (κ2) is 8.37. The molecule has 6 nitrogen and oxygen atoms in total. The highest BCUT2D eigenvalue weighted by molar-refractivity contribution is 8.00. The van der Waals surface area contributed by atoms with Gasteiger partial charge in [-0.25, -0.2) is 0 Å². The Morgan fingerprint density at radius 3 is 2.50 bits per heavy atom. The van der Waals surface area contributed by atoms with Gasteiger partial charge in [0.25, 0.3) is 0 Å². The van der Waals surface area contributed by atoms with Gasteiger partial charge in [0.1, 0.15) is 5.54 Å². The summed E-state index contributed by atoms with van der Waals surface area (Å²) >= 11 is 1.35. The van der Waals surface area contributed by atoms with Gasteiger partial charge < -0.3 is 9.88 Å². The lowest BCUT2D eigenvalue weighted by atomic mass is 9.90. The van der Waals surface area contributed by atoms with Gasteiger partial charge >= 0.3 is 0 Å². The van der Waals surface area contributed by atoms with Gasteiger partial charge in [-0.05, 0) is 26.7 Å². The number of nitrogens with zero attached hydrogens (tertiary/aromatic N) is 4. The lowest BCUT2D eigenvalue weighted by Crippen LogP contribution is -2.51. The molecule has 0 bridgehead atoms. The van der Waals surface area contributed by atoms with E-state index in [1.54, 1.807) is 6.92 Å². The van der Waals surface area contributed by atoms with Crippen molar-refractivity contribution in [3.8, 4) is 17.5 Å². The first-order chi connectivity index (χ1) is 12.3. The Kier molecular flexibility index (Phi) is 6.43. The number of thioether (sulfide) groups is 1. The summed E-state index contributed by atoms with van der Waals surface area (Å²) in [5, 5.41) is 21.1. The fourth-order valence-electron chi connectivity index (χ4n) is 2.33. The third-order valence-corrected chi connectivity index (χ3v) is 5.57. The van der Waals surface area contributed by atoms with Crippen LogP contribution in [0.15, 0.2) is 35.5 Å². The van der Waals surface area contributed by atoms with Crippen molar-refractivity contribution < 1.29 is 4.79 Å². The molecule has 2 aromatic rings. The molecule has 0 saturated carbocycles. The van der Waals surface area contributed by atoms with Gasteiger partial charge in [0.05, 0.1) is 11.3 Å². The first kappa shape index (κ1) is 20.0. The number of aromatic nitrogens is 3. The highest BCUT2D eigenvalue weighted by Gasteiger charge is 2.32. The summed E-state index contributed by atoms with van der Waals surface area (Å²) in [6.45, 7) is 10.1. The Morgan fingerprint density at radius 2 is 1.96 bits per heavy atom. The Hall–Kier alpha value is -2.33. The number of hydrogen-bond donors (Lipinski definition) is 1. The number of rotatable bonds is 7. The molecule has 0 radical (unpaired) electrons. The maximum absolute atomic E-state index is 12.6. The molecule has 0 unspecified atom stereocenters. The average molecular weight is 372 g/mol. The molecule has 1 aromatic heterocycles. The number of hydrogen-bond acceptors (Lipinski definition) is 5. The molecule has 138 valence electrons. The van der Waals surface area contributed by atoms with Crippen molar-refractivity contribution in [3.63, 3.8) is 0 Å². The first-order valence-corrected chi connectivity index (χ1v) is 9.59. The van der Waals surface area contributed by atoms with Crippen LogP contribution < -0.4 is 5.32 Å². The summed E-state index contributed by atoms with van der Waals surface area (Å²) in [5.41, 5.74) is 0.0992. The summed E-state index contributed by atoms with van der Waals surface area (Å²) in [6.07, 6.45) is 0. The fraction of sp³-hybridized carbons (Fsp3) is 0.474. The van der Waals surface area contributed by atoms with Gasteiger partial charge in [0, 0.05) is 12.1 Å². The van der Waals surface area contributed by atoms with Crippen LogP contribution in [0, 0.1) is 17.2 Å². The van der Waals surface area contributed by atoms with Crippen LogP contribution in [0.1, 0.15) is 34.6 Å². The average Bonchev–Trinajstić information content (AvgIpc) is 3.04. The molecule has 2 rings (SSSR count). The zero-order valence-electron chi connectivity index (χ0n) is 15.9. The van der Waals surface area contributed by atoms with Gasteiger partial charge in [-0.3, -0.25) is 4.79 Å². The predicted octanol–water partition coefficient (Wildman–Crippen LogP) is 3.50. The summed E-state index contributed by atoms with van der Waals surface area (Å²) in [4.78, 5) is 12.6. The van der Waals surface area contributed by atoms with E-state index in [0.29, 0.717) is 11.7 Å². The smallest absolute Gasteiger partial charge is 0.234 e. The minimum absolute atomic E-state index is 0.0117. The monoisotopic (exact) mass is 371 g/mol. The zero-order chi connectivity index (χ0) is 19.3. The lowest BCUT2D eigenvalue weighted by Gasteiger charge is -2.28. The molecule has 1 amide bonds. The highest BCUT2D eigenvalue weighted by Crippen LogP contribution is 2.27. The van der Waals surface area contributed by atoms with E-state index in [9.17, 15) is 10.1 Å². The lowest BCUT2D eigenvalue weighted by molar-refractivity contribution is -0.121. The van der Waals surface area contributed by atoms with E-state index in [1.165, 1.54) is 11.8 Å². The van der Waals surface area contributed by atoms with Crippen LogP contribution in [-0.4, -0.2) is 31.5 Å². The van der Waals surface area contributed by atoms with E-state index in [1.807, 2.05) is 62.6 Å². The highest BCUT2D eigenvalue weighted by atomic mass is 32.2. The molecule has 0 fully saturated rings. The van der Waals surface area contributed by atoms with Gasteiger partial charge in [0.15, 0.2) is 11.0 Å². The van der Waals surface area contributed by atoms with Crippen LogP contribution >= 0.6 is 11.8 Å². The van der Waals surface area contributed by atoms with Crippen molar-refractivity contribution in [2.45, 2.75) is 57.1 Å². The van der Waals surface area contributed by atoms with E-state index in [-0.39, 0.29) is 17.1 Å². The van der Waals surface area contributed by atoms with Gasteiger partial charge in [-0.1, -0.05) is 55.9 Å². The van der Waals surface area contributed by atoms with Gasteiger partial charge in [-0.2, -0.15) is 5.26 Å². The second-order valence-electron chi connectivity index (χ2n) is 6.63. The number of nitriles is 1. The predicted molar refractivity (Wildman–Crippen MR) is 103 cm³/mol. The van der Waals surface area contributed by atoms with E-state index < -0.39 is 5.54 Å². The summed E-state index contributed by atoms with van der Waals surface area (Å²) < 4.78 is 2.00. The molecular formula is C19H25N5OS. The molecule has 0 spiro atoms. The molecule has 1 N–H and O–H groups in total. The van der Waals surface area contributed by atoms with Crippen LogP contribution in [0.3, 0.4) is 0 Å². The van der Waals surface area contributed by atoms with E-state index in [2.05, 4.69) is 21.6 Å². The largest absolute Gasteiger partial charge is 0.337 e. The SMILES string of the molecule is CCn1c(S[C@@H](C)C(=O)N[C@](C)(C#N)C(C)C)nnc1-c1ccccc1. The van der Waals surface area contributed by atoms with E-state index in [0.717, 1.165) is 11.4 Å². The Balaban J connectivity index is 2.17. The minimum Gasteiger partial charge on any atom is -0.337 e.